The Morgan fingerprint density at radius 2 is 1.17 bits per heavy atom. The summed E-state index contributed by atoms with van der Waals surface area (Å²) in [6.07, 6.45) is -1.29. The van der Waals surface area contributed by atoms with Crippen LogP contribution >= 0.6 is 10.7 Å². The van der Waals surface area contributed by atoms with Gasteiger partial charge in [-0.25, -0.2) is 14.4 Å². The molecule has 0 aliphatic rings. The van der Waals surface area contributed by atoms with Gasteiger partial charge in [-0.3, -0.25) is 22.7 Å². The second-order valence-corrected chi connectivity index (χ2v) is 20.9. The highest BCUT2D eigenvalue weighted by Gasteiger charge is 2.34. The first-order valence-corrected chi connectivity index (χ1v) is 23.4. The summed E-state index contributed by atoms with van der Waals surface area (Å²) in [6.45, 7) is 23.6. The van der Waals surface area contributed by atoms with Gasteiger partial charge < -0.3 is 35.3 Å². The summed E-state index contributed by atoms with van der Waals surface area (Å²) in [5.74, 6) is -1.72. The molecule has 0 saturated carbocycles. The number of halogens is 1. The number of ketones is 2. The third-order valence-corrected chi connectivity index (χ3v) is 9.41. The molecule has 5 N–H and O–H groups in total. The minimum Gasteiger partial charge on any atom is -0.466 e. The summed E-state index contributed by atoms with van der Waals surface area (Å²) >= 11 is 0. The van der Waals surface area contributed by atoms with E-state index in [-0.39, 0.29) is 38.6 Å². The maximum absolute atomic E-state index is 12.1. The zero-order valence-corrected chi connectivity index (χ0v) is 41.4. The zero-order valence-electron chi connectivity index (χ0n) is 39.0. The molecule has 0 heterocycles. The second-order valence-electron chi connectivity index (χ2n) is 17.4. The fourth-order valence-electron chi connectivity index (χ4n) is 4.39. The quantitative estimate of drug-likeness (QED) is 0.0778. The molecular formula is C40H69ClN4O16S2. The number of nitrogens with one attached hydrogen (secondary N) is 3. The lowest BCUT2D eigenvalue weighted by Gasteiger charge is -2.27. The summed E-state index contributed by atoms with van der Waals surface area (Å²) in [4.78, 5) is 70.6. The molecule has 23 heteroatoms. The van der Waals surface area contributed by atoms with Gasteiger partial charge in [0.1, 0.15) is 35.7 Å². The first-order chi connectivity index (χ1) is 28.4. The molecule has 2 amide bonds. The number of ether oxygens (including phenoxy) is 4. The number of benzene rings is 1. The highest BCUT2D eigenvalue weighted by atomic mass is 35.7. The Morgan fingerprint density at radius 3 is 1.57 bits per heavy atom. The number of hydrogen-bond acceptors (Lipinski definition) is 17. The van der Waals surface area contributed by atoms with Crippen molar-refractivity contribution in [2.45, 2.75) is 152 Å². The largest absolute Gasteiger partial charge is 0.466 e. The molecule has 0 saturated heterocycles. The Balaban J connectivity index is 0. The Hall–Kier alpha value is -3.93. The van der Waals surface area contributed by atoms with Crippen molar-refractivity contribution in [3.05, 3.63) is 35.9 Å². The molecule has 0 bridgehead atoms. The standard InChI is InChI=1S/C17H32N2O7S.C16H24N2O4.C7H13ClO5S/c1-9-13(21)17(7,8)10-25-27(23,24)19-11(2)14(12(3)20)18-15(22)26-16(4,5)6;1-11(17)13(18-15(20)22-16(2,3)4)14(19)21-10-12-8-6-5-7-9-12;1-4-12-6(9)7(2,3)5-13-14(8,10)11/h11,14,19H,9-10H2,1-8H3,(H,18,22);5-9,11,13H,10,17H2,1-4H3,(H,18,20);4-5H2,1-3H3/t11-,14-;11-,13+;/m11./s1. The van der Waals surface area contributed by atoms with E-state index in [1.807, 2.05) is 30.3 Å². The van der Waals surface area contributed by atoms with Crippen LogP contribution in [-0.4, -0.2) is 108 Å². The molecule has 0 fully saturated rings. The van der Waals surface area contributed by atoms with Gasteiger partial charge in [0.15, 0.2) is 5.78 Å². The van der Waals surface area contributed by atoms with Crippen molar-refractivity contribution in [3.8, 4) is 0 Å². The summed E-state index contributed by atoms with van der Waals surface area (Å²) in [5, 5.41) is 4.80. The van der Waals surface area contributed by atoms with E-state index >= 15 is 0 Å². The van der Waals surface area contributed by atoms with E-state index in [1.54, 1.807) is 76.2 Å². The van der Waals surface area contributed by atoms with Crippen LogP contribution in [0.5, 0.6) is 0 Å². The van der Waals surface area contributed by atoms with Crippen molar-refractivity contribution in [2.24, 2.45) is 16.6 Å². The molecule has 364 valence electrons. The minimum absolute atomic E-state index is 0.124. The van der Waals surface area contributed by atoms with Crippen molar-refractivity contribution in [3.63, 3.8) is 0 Å². The number of rotatable bonds is 20. The fraction of sp³-hybridized carbons (Fsp3) is 0.700. The van der Waals surface area contributed by atoms with Crippen LogP contribution in [0.3, 0.4) is 0 Å². The Kier molecular flexibility index (Phi) is 26.0. The molecule has 1 aromatic carbocycles. The number of alkyl carbamates (subject to hydrolysis) is 2. The first-order valence-electron chi connectivity index (χ1n) is 19.8. The van der Waals surface area contributed by atoms with Gasteiger partial charge in [0, 0.05) is 34.6 Å². The molecule has 63 heavy (non-hydrogen) atoms. The van der Waals surface area contributed by atoms with E-state index < -0.39 is 95.7 Å². The van der Waals surface area contributed by atoms with Crippen molar-refractivity contribution >= 4 is 66.0 Å². The van der Waals surface area contributed by atoms with Gasteiger partial charge in [-0.15, -0.1) is 0 Å². The molecule has 0 aromatic heterocycles. The number of esters is 2. The number of nitrogens with two attached hydrogens (primary N) is 1. The lowest BCUT2D eigenvalue weighted by molar-refractivity contribution is -0.155. The average Bonchev–Trinajstić information content (AvgIpc) is 3.12. The SMILES string of the molecule is CCC(=O)C(C)(C)COS(=O)(=O)N[C@H](C)[C@@H](NC(=O)OC(C)(C)C)C(C)=O.CCOC(=O)C(C)(C)COS(=O)(=O)Cl.C[C@@H](N)[C@H](NC(=O)OC(C)(C)C)C(=O)OCc1ccccc1. The molecule has 0 radical (unpaired) electrons. The van der Waals surface area contributed by atoms with Crippen LogP contribution in [0.2, 0.25) is 0 Å². The molecule has 0 aliphatic heterocycles. The van der Waals surface area contributed by atoms with Gasteiger partial charge >= 0.3 is 43.8 Å². The van der Waals surface area contributed by atoms with E-state index in [2.05, 4.69) is 19.5 Å². The van der Waals surface area contributed by atoms with Crippen molar-refractivity contribution in [2.75, 3.05) is 19.8 Å². The van der Waals surface area contributed by atoms with Gasteiger partial charge in [-0.1, -0.05) is 51.1 Å². The molecule has 1 rings (SSSR count). The Morgan fingerprint density at radius 1 is 0.714 bits per heavy atom. The second kappa shape index (κ2) is 26.8. The predicted octanol–water partition coefficient (Wildman–Crippen LogP) is 4.76. The monoisotopic (exact) mass is 960 g/mol. The Bertz CT molecular complexity index is 1860. The van der Waals surface area contributed by atoms with Crippen molar-refractivity contribution < 1.29 is 72.9 Å². The van der Waals surface area contributed by atoms with Crippen LogP contribution < -0.4 is 21.1 Å². The normalized spacial score (nSPS) is 14.0. The number of carbonyl (C=O) groups is 6. The average molecular weight is 962 g/mol. The van der Waals surface area contributed by atoms with Crippen LogP contribution in [0.1, 0.15) is 116 Å². The topological polar surface area (TPSA) is 288 Å². The van der Waals surface area contributed by atoms with E-state index in [0.717, 1.165) is 5.56 Å². The smallest absolute Gasteiger partial charge is 0.408 e. The van der Waals surface area contributed by atoms with Gasteiger partial charge in [0.25, 0.3) is 0 Å². The Labute approximate surface area is 377 Å². The molecule has 0 aliphatic carbocycles. The number of carbonyl (C=O) groups excluding carboxylic acids is 6. The van der Waals surface area contributed by atoms with E-state index in [9.17, 15) is 45.6 Å². The molecule has 1 aromatic rings. The van der Waals surface area contributed by atoms with Crippen LogP contribution in [0.15, 0.2) is 30.3 Å². The highest BCUT2D eigenvalue weighted by Crippen LogP contribution is 2.21. The molecule has 4 atom stereocenters. The number of Topliss-reactive ketones (excluding diaryl/α,β-unsaturated/α-hetero) is 2. The number of hydrogen-bond donors (Lipinski definition) is 4. The summed E-state index contributed by atoms with van der Waals surface area (Å²) in [6, 6.07) is 5.56. The summed E-state index contributed by atoms with van der Waals surface area (Å²) in [5.41, 5.74) is 3.18. The van der Waals surface area contributed by atoms with Crippen LogP contribution in [0.25, 0.3) is 0 Å². The summed E-state index contributed by atoms with van der Waals surface area (Å²) < 4.78 is 76.7. The zero-order chi connectivity index (χ0) is 49.8. The van der Waals surface area contributed by atoms with E-state index in [1.165, 1.54) is 27.7 Å². The minimum atomic E-state index is -4.25. The van der Waals surface area contributed by atoms with Crippen molar-refractivity contribution in [1.29, 1.82) is 0 Å². The highest BCUT2D eigenvalue weighted by molar-refractivity contribution is 8.10. The maximum Gasteiger partial charge on any atom is 0.408 e. The fourth-order valence-corrected chi connectivity index (χ4v) is 6.07. The third kappa shape index (κ3) is 29.2. The van der Waals surface area contributed by atoms with E-state index in [4.69, 9.17) is 39.5 Å². The lowest BCUT2D eigenvalue weighted by atomic mass is 9.88. The van der Waals surface area contributed by atoms with Gasteiger partial charge in [0.05, 0.1) is 25.2 Å². The van der Waals surface area contributed by atoms with Crippen LogP contribution in [-0.2, 0) is 72.7 Å². The molecule has 0 unspecified atom stereocenters. The van der Waals surface area contributed by atoms with Gasteiger partial charge in [-0.05, 0) is 88.6 Å². The van der Waals surface area contributed by atoms with Gasteiger partial charge in [-0.2, -0.15) is 21.6 Å². The van der Waals surface area contributed by atoms with E-state index in [0.29, 0.717) is 0 Å². The maximum atomic E-state index is 12.1. The van der Waals surface area contributed by atoms with Crippen LogP contribution in [0.4, 0.5) is 9.59 Å². The molecular weight excluding hydrogens is 892 g/mol. The van der Waals surface area contributed by atoms with Gasteiger partial charge in [0.2, 0.25) is 0 Å². The predicted molar refractivity (Wildman–Crippen MR) is 235 cm³/mol. The lowest BCUT2D eigenvalue weighted by Crippen LogP contribution is -2.54. The third-order valence-electron chi connectivity index (χ3n) is 7.66. The molecule has 0 spiro atoms. The van der Waals surface area contributed by atoms with Crippen LogP contribution in [0, 0.1) is 10.8 Å². The van der Waals surface area contributed by atoms with Crippen molar-refractivity contribution in [1.82, 2.24) is 15.4 Å². The first kappa shape index (κ1) is 61.2. The number of amides is 2. The summed E-state index contributed by atoms with van der Waals surface area (Å²) in [7, 11) is -3.47. The molecule has 20 nitrogen and oxygen atoms in total.